The number of aliphatic hydroxyl groups is 1. The molecule has 1 rings (SSSR count). The van der Waals surface area contributed by atoms with E-state index in [1.807, 2.05) is 0 Å². The number of hydrogen-bond donors (Lipinski definition) is 2. The Kier molecular flexibility index (Phi) is 5.10. The maximum absolute atomic E-state index is 8.71. The van der Waals surface area contributed by atoms with Gasteiger partial charge < -0.3 is 10.4 Å². The minimum absolute atomic E-state index is 0.233. The van der Waals surface area contributed by atoms with Gasteiger partial charge in [0.25, 0.3) is 0 Å². The van der Waals surface area contributed by atoms with Crippen LogP contribution < -0.4 is 5.32 Å². The summed E-state index contributed by atoms with van der Waals surface area (Å²) < 4.78 is 1.02. The van der Waals surface area contributed by atoms with Crippen LogP contribution in [-0.4, -0.2) is 28.2 Å². The molecule has 2 N–H and O–H groups in total. The van der Waals surface area contributed by atoms with Gasteiger partial charge in [0.1, 0.15) is 0 Å². The second kappa shape index (κ2) is 6.13. The van der Waals surface area contributed by atoms with Crippen molar-refractivity contribution in [1.29, 1.82) is 0 Å². The van der Waals surface area contributed by atoms with Gasteiger partial charge in [-0.25, -0.2) is 9.97 Å². The third kappa shape index (κ3) is 4.19. The van der Waals surface area contributed by atoms with Crippen LogP contribution in [-0.2, 0) is 0 Å². The summed E-state index contributed by atoms with van der Waals surface area (Å²) in [7, 11) is 0. The monoisotopic (exact) mass is 307 g/mol. The van der Waals surface area contributed by atoms with Crippen LogP contribution in [0.4, 0.5) is 5.95 Å². The van der Waals surface area contributed by atoms with Crippen molar-refractivity contribution in [1.82, 2.24) is 9.97 Å². The van der Waals surface area contributed by atoms with E-state index in [0.717, 1.165) is 16.5 Å². The first kappa shape index (κ1) is 11.6. The number of anilines is 1. The highest BCUT2D eigenvalue weighted by Gasteiger charge is 2.01. The molecule has 0 aromatic carbocycles. The fourth-order valence-electron chi connectivity index (χ4n) is 0.992. The average Bonchev–Trinajstić information content (AvgIpc) is 2.17. The normalized spacial score (nSPS) is 12.5. The zero-order chi connectivity index (χ0) is 10.4. The van der Waals surface area contributed by atoms with Crippen molar-refractivity contribution in [3.8, 4) is 0 Å². The topological polar surface area (TPSA) is 58.0 Å². The van der Waals surface area contributed by atoms with E-state index in [4.69, 9.17) is 5.11 Å². The molecule has 4 nitrogen and oxygen atoms in total. The Hall–Kier alpha value is -0.430. The van der Waals surface area contributed by atoms with Crippen LogP contribution in [0.2, 0.25) is 0 Å². The standard InChI is InChI=1S/C9H14IN3O/c1-7(2-3-14)4-11-9-12-5-8(10)6-13-9/h5-7,14H,2-4H2,1H3,(H,11,12,13). The van der Waals surface area contributed by atoms with Crippen LogP contribution in [0, 0.1) is 9.49 Å². The molecule has 0 saturated heterocycles. The number of nitrogens with one attached hydrogen (secondary N) is 1. The molecule has 0 aliphatic heterocycles. The van der Waals surface area contributed by atoms with E-state index >= 15 is 0 Å². The van der Waals surface area contributed by atoms with Crippen LogP contribution in [0.1, 0.15) is 13.3 Å². The molecule has 1 aromatic rings. The minimum atomic E-state index is 0.233. The Balaban J connectivity index is 2.34. The van der Waals surface area contributed by atoms with E-state index in [-0.39, 0.29) is 6.61 Å². The molecule has 1 unspecified atom stereocenters. The molecule has 1 atom stereocenters. The molecule has 0 aliphatic rings. The van der Waals surface area contributed by atoms with E-state index in [1.165, 1.54) is 0 Å². The van der Waals surface area contributed by atoms with Gasteiger partial charge in [-0.1, -0.05) is 6.92 Å². The lowest BCUT2D eigenvalue weighted by Gasteiger charge is -2.10. The van der Waals surface area contributed by atoms with Crippen molar-refractivity contribution in [2.75, 3.05) is 18.5 Å². The highest BCUT2D eigenvalue weighted by Crippen LogP contribution is 2.05. The number of nitrogens with zero attached hydrogens (tertiary/aromatic N) is 2. The Morgan fingerprint density at radius 1 is 1.50 bits per heavy atom. The van der Waals surface area contributed by atoms with Crippen LogP contribution in [0.3, 0.4) is 0 Å². The molecule has 5 heteroatoms. The fourth-order valence-corrected chi connectivity index (χ4v) is 1.27. The molecule has 0 saturated carbocycles. The van der Waals surface area contributed by atoms with E-state index in [1.54, 1.807) is 12.4 Å². The molecule has 0 aliphatic carbocycles. The molecule has 14 heavy (non-hydrogen) atoms. The summed E-state index contributed by atoms with van der Waals surface area (Å²) in [6, 6.07) is 0. The summed E-state index contributed by atoms with van der Waals surface area (Å²) in [6.45, 7) is 3.10. The first-order chi connectivity index (χ1) is 6.72. The lowest BCUT2D eigenvalue weighted by molar-refractivity contribution is 0.265. The molecular weight excluding hydrogens is 293 g/mol. The molecule has 0 fully saturated rings. The van der Waals surface area contributed by atoms with Gasteiger partial charge in [0, 0.05) is 29.1 Å². The van der Waals surface area contributed by atoms with E-state index in [9.17, 15) is 0 Å². The van der Waals surface area contributed by atoms with Gasteiger partial charge in [-0.05, 0) is 34.9 Å². The second-order valence-electron chi connectivity index (χ2n) is 3.22. The van der Waals surface area contributed by atoms with Crippen molar-refractivity contribution in [3.05, 3.63) is 16.0 Å². The van der Waals surface area contributed by atoms with Crippen molar-refractivity contribution in [3.63, 3.8) is 0 Å². The first-order valence-corrected chi connectivity index (χ1v) is 5.62. The summed E-state index contributed by atoms with van der Waals surface area (Å²) in [6.07, 6.45) is 4.34. The zero-order valence-corrected chi connectivity index (χ0v) is 10.2. The Morgan fingerprint density at radius 2 is 2.14 bits per heavy atom. The second-order valence-corrected chi connectivity index (χ2v) is 4.47. The van der Waals surface area contributed by atoms with Crippen LogP contribution >= 0.6 is 22.6 Å². The van der Waals surface area contributed by atoms with Crippen molar-refractivity contribution in [2.24, 2.45) is 5.92 Å². The quantitative estimate of drug-likeness (QED) is 0.810. The molecule has 0 amide bonds. The predicted molar refractivity (Wildman–Crippen MR) is 64.1 cm³/mol. The highest BCUT2D eigenvalue weighted by molar-refractivity contribution is 14.1. The van der Waals surface area contributed by atoms with Gasteiger partial charge >= 0.3 is 0 Å². The molecular formula is C9H14IN3O. The highest BCUT2D eigenvalue weighted by atomic mass is 127. The lowest BCUT2D eigenvalue weighted by Crippen LogP contribution is -2.14. The molecule has 0 bridgehead atoms. The largest absolute Gasteiger partial charge is 0.396 e. The van der Waals surface area contributed by atoms with E-state index in [0.29, 0.717) is 11.9 Å². The summed E-state index contributed by atoms with van der Waals surface area (Å²) in [5.41, 5.74) is 0. The summed E-state index contributed by atoms with van der Waals surface area (Å²) in [5, 5.41) is 11.8. The maximum Gasteiger partial charge on any atom is 0.222 e. The SMILES string of the molecule is CC(CCO)CNc1ncc(I)cn1. The molecule has 78 valence electrons. The smallest absolute Gasteiger partial charge is 0.222 e. The van der Waals surface area contributed by atoms with Gasteiger partial charge in [0.2, 0.25) is 5.95 Å². The van der Waals surface area contributed by atoms with Gasteiger partial charge in [-0.15, -0.1) is 0 Å². The van der Waals surface area contributed by atoms with Crippen LogP contribution in [0.25, 0.3) is 0 Å². The molecule has 0 radical (unpaired) electrons. The molecule has 0 spiro atoms. The number of hydrogen-bond acceptors (Lipinski definition) is 4. The first-order valence-electron chi connectivity index (χ1n) is 4.54. The number of halogens is 1. The van der Waals surface area contributed by atoms with Crippen molar-refractivity contribution in [2.45, 2.75) is 13.3 Å². The predicted octanol–water partition coefficient (Wildman–Crippen LogP) is 1.51. The van der Waals surface area contributed by atoms with Gasteiger partial charge in [-0.3, -0.25) is 0 Å². The van der Waals surface area contributed by atoms with Crippen molar-refractivity contribution >= 4 is 28.5 Å². The third-order valence-electron chi connectivity index (χ3n) is 1.85. The van der Waals surface area contributed by atoms with E-state index in [2.05, 4.69) is 44.8 Å². The minimum Gasteiger partial charge on any atom is -0.396 e. The Labute approximate surface area is 97.3 Å². The molecule has 1 heterocycles. The van der Waals surface area contributed by atoms with Gasteiger partial charge in [-0.2, -0.15) is 0 Å². The number of rotatable bonds is 5. The third-order valence-corrected chi connectivity index (χ3v) is 2.41. The zero-order valence-electron chi connectivity index (χ0n) is 8.07. The Morgan fingerprint density at radius 3 is 2.71 bits per heavy atom. The average molecular weight is 307 g/mol. The summed E-state index contributed by atoms with van der Waals surface area (Å²) in [5.74, 6) is 1.08. The maximum atomic E-state index is 8.71. The number of aromatic nitrogens is 2. The van der Waals surface area contributed by atoms with Crippen LogP contribution in [0.5, 0.6) is 0 Å². The van der Waals surface area contributed by atoms with E-state index < -0.39 is 0 Å². The Bertz CT molecular complexity index is 265. The summed E-state index contributed by atoms with van der Waals surface area (Å²) in [4.78, 5) is 8.24. The van der Waals surface area contributed by atoms with Gasteiger partial charge in [0.05, 0.1) is 0 Å². The molecule has 1 aromatic heterocycles. The van der Waals surface area contributed by atoms with Gasteiger partial charge in [0.15, 0.2) is 0 Å². The van der Waals surface area contributed by atoms with Crippen LogP contribution in [0.15, 0.2) is 12.4 Å². The summed E-state index contributed by atoms with van der Waals surface area (Å²) >= 11 is 2.17. The van der Waals surface area contributed by atoms with Crippen molar-refractivity contribution < 1.29 is 5.11 Å². The number of aliphatic hydroxyl groups excluding tert-OH is 1. The lowest BCUT2D eigenvalue weighted by atomic mass is 10.1. The fraction of sp³-hybridized carbons (Fsp3) is 0.556.